The molecule has 3 N–H and O–H groups in total. The molecule has 4 aromatic heterocycles. The molecule has 53 heavy (non-hydrogen) atoms. The lowest BCUT2D eigenvalue weighted by Gasteiger charge is -2.36. The lowest BCUT2D eigenvalue weighted by atomic mass is 9.82. The molecule has 2 aliphatic heterocycles. The van der Waals surface area contributed by atoms with Gasteiger partial charge in [0.2, 0.25) is 0 Å². The fourth-order valence-corrected chi connectivity index (χ4v) is 8.92. The van der Waals surface area contributed by atoms with Crippen LogP contribution in [0.3, 0.4) is 0 Å². The molecule has 1 aliphatic carbocycles. The molecule has 6 aromatic rings. The minimum absolute atomic E-state index is 0.210. The molecule has 2 fully saturated rings. The topological polar surface area (TPSA) is 160 Å². The number of aryl methyl sites for hydroxylation is 2. The fourth-order valence-electron chi connectivity index (χ4n) is 8.92. The average Bonchev–Trinajstić information content (AvgIpc) is 3.46. The van der Waals surface area contributed by atoms with Gasteiger partial charge < -0.3 is 19.6 Å². The van der Waals surface area contributed by atoms with E-state index in [1.165, 1.54) is 4.57 Å². The van der Waals surface area contributed by atoms with Crippen LogP contribution in [0.5, 0.6) is 0 Å². The van der Waals surface area contributed by atoms with Crippen LogP contribution in [0.1, 0.15) is 108 Å². The van der Waals surface area contributed by atoms with Crippen LogP contribution in [-0.4, -0.2) is 64.0 Å². The molecule has 1 saturated heterocycles. The van der Waals surface area contributed by atoms with Crippen LogP contribution in [0.25, 0.3) is 22.4 Å². The number of fused-ring (bicyclic) bond motifs is 2. The Morgan fingerprint density at radius 2 is 1.87 bits per heavy atom. The molecular formula is C39H41FN8O5. The van der Waals surface area contributed by atoms with Gasteiger partial charge in [0.25, 0.3) is 5.91 Å². The molecular weight excluding hydrogens is 679 g/mol. The Kier molecular flexibility index (Phi) is 7.39. The summed E-state index contributed by atoms with van der Waals surface area (Å²) in [6, 6.07) is 9.13. The summed E-state index contributed by atoms with van der Waals surface area (Å²) in [5.74, 6) is -0.0407. The van der Waals surface area contributed by atoms with Crippen molar-refractivity contribution >= 4 is 16.8 Å². The number of hydrogen-bond donors (Lipinski definition) is 3. The van der Waals surface area contributed by atoms with E-state index < -0.39 is 17.2 Å². The van der Waals surface area contributed by atoms with Gasteiger partial charge in [0.05, 0.1) is 28.4 Å². The van der Waals surface area contributed by atoms with Gasteiger partial charge in [-0.1, -0.05) is 23.4 Å². The molecule has 0 radical (unpaired) electrons. The van der Waals surface area contributed by atoms with Crippen LogP contribution in [-0.2, 0) is 16.6 Å². The number of nitrogens with zero attached hydrogens (tertiary/aromatic N) is 5. The predicted molar refractivity (Wildman–Crippen MR) is 194 cm³/mol. The zero-order valence-electron chi connectivity index (χ0n) is 30.3. The summed E-state index contributed by atoms with van der Waals surface area (Å²) in [7, 11) is 0. The lowest BCUT2D eigenvalue weighted by molar-refractivity contribution is -0.0591. The maximum atomic E-state index is 15.2. The highest BCUT2D eigenvalue weighted by atomic mass is 19.1. The molecule has 1 amide bonds. The first-order valence-corrected chi connectivity index (χ1v) is 18.2. The largest absolute Gasteiger partial charge is 0.438 e. The molecule has 2 atom stereocenters. The van der Waals surface area contributed by atoms with E-state index in [4.69, 9.17) is 14.4 Å². The molecule has 0 unspecified atom stereocenters. The number of benzene rings is 2. The van der Waals surface area contributed by atoms with Gasteiger partial charge in [-0.25, -0.2) is 18.7 Å². The fraction of sp³-hybridized carbons (Fsp3) is 0.410. The second-order valence-electron chi connectivity index (χ2n) is 15.5. The van der Waals surface area contributed by atoms with Crippen molar-refractivity contribution in [3.63, 3.8) is 0 Å². The van der Waals surface area contributed by atoms with E-state index >= 15 is 4.79 Å². The number of rotatable bonds is 6. The molecule has 3 aliphatic rings. The monoisotopic (exact) mass is 720 g/mol. The van der Waals surface area contributed by atoms with Crippen molar-refractivity contribution in [2.45, 2.75) is 89.7 Å². The number of ether oxygens (including phenoxy) is 1. The van der Waals surface area contributed by atoms with Crippen LogP contribution in [0, 0.1) is 19.7 Å². The second kappa shape index (κ2) is 11.8. The summed E-state index contributed by atoms with van der Waals surface area (Å²) in [6.45, 7) is 10.6. The Bertz CT molecular complexity index is 2540. The van der Waals surface area contributed by atoms with Crippen LogP contribution in [0.4, 0.5) is 4.39 Å². The van der Waals surface area contributed by atoms with Gasteiger partial charge in [-0.2, -0.15) is 5.10 Å². The first-order valence-electron chi connectivity index (χ1n) is 18.2. The lowest BCUT2D eigenvalue weighted by Crippen LogP contribution is -2.40. The number of hydrogen-bond acceptors (Lipinski definition) is 7. The third-order valence-electron chi connectivity index (χ3n) is 11.6. The maximum absolute atomic E-state index is 15.2. The predicted octanol–water partition coefficient (Wildman–Crippen LogP) is 5.78. The van der Waals surface area contributed by atoms with Crippen LogP contribution >= 0.6 is 0 Å². The molecule has 13 nitrogen and oxygen atoms in total. The first kappa shape index (κ1) is 33.3. The number of nitrogens with one attached hydrogen (secondary N) is 3. The number of aromatic amines is 3. The third kappa shape index (κ3) is 5.17. The van der Waals surface area contributed by atoms with Crippen molar-refractivity contribution in [3.05, 3.63) is 115 Å². The van der Waals surface area contributed by atoms with Crippen molar-refractivity contribution in [1.82, 2.24) is 39.4 Å². The number of imidazole rings is 1. The molecule has 9 rings (SSSR count). The van der Waals surface area contributed by atoms with Crippen LogP contribution in [0.15, 0.2) is 56.8 Å². The molecule has 1 saturated carbocycles. The van der Waals surface area contributed by atoms with Crippen LogP contribution < -0.4 is 11.4 Å². The Labute approximate surface area is 303 Å². The number of aromatic nitrogens is 7. The Balaban J connectivity index is 1.20. The number of H-pyrrole nitrogens is 3. The van der Waals surface area contributed by atoms with E-state index in [9.17, 15) is 14.0 Å². The number of carbonyl (C=O) groups excluding carboxylic acids is 1. The Morgan fingerprint density at radius 1 is 1.09 bits per heavy atom. The van der Waals surface area contributed by atoms with Gasteiger partial charge in [0.15, 0.2) is 5.82 Å². The van der Waals surface area contributed by atoms with Gasteiger partial charge >= 0.3 is 11.4 Å². The van der Waals surface area contributed by atoms with Crippen LogP contribution in [0.2, 0.25) is 0 Å². The Hall–Kier alpha value is -5.50. The molecule has 6 heterocycles. The highest BCUT2D eigenvalue weighted by Gasteiger charge is 2.54. The molecule has 0 bridgehead atoms. The van der Waals surface area contributed by atoms with Gasteiger partial charge in [-0.3, -0.25) is 18.9 Å². The summed E-state index contributed by atoms with van der Waals surface area (Å²) < 4.78 is 29.0. The molecule has 0 spiro atoms. The zero-order chi connectivity index (χ0) is 37.0. The average molecular weight is 721 g/mol. The summed E-state index contributed by atoms with van der Waals surface area (Å²) in [4.78, 5) is 51.6. The summed E-state index contributed by atoms with van der Waals surface area (Å²) in [5, 5.41) is 10.0. The normalized spacial score (nSPS) is 20.5. The van der Waals surface area contributed by atoms with E-state index in [-0.39, 0.29) is 28.9 Å². The highest BCUT2D eigenvalue weighted by molar-refractivity contribution is 6.03. The van der Waals surface area contributed by atoms with Crippen molar-refractivity contribution in [1.29, 1.82) is 0 Å². The second-order valence-corrected chi connectivity index (χ2v) is 15.5. The first-order chi connectivity index (χ1) is 25.4. The van der Waals surface area contributed by atoms with Crippen molar-refractivity contribution in [3.8, 4) is 11.5 Å². The quantitative estimate of drug-likeness (QED) is 0.197. The highest BCUT2D eigenvalue weighted by Crippen LogP contribution is 2.56. The standard InChI is InChI=1S/C39H41FN8O5/c1-20-17-24(18-21(2)30(20)40)48-33(47-15-13-41-36(47)50)28-22(3)46(14-9-27(28)44-48)34(49)32-29(39(11-12-39)35-43-37(51)53-45-35)26-8-6-7-25(31(26)42-32)23-10-16-52-38(4,5)19-23/h6-8,13,15,17-18,22-23,42H,9-12,14,16,19H2,1-5H3,(H,41,50)(H,43,45,51)/t22-,23+/m0/s1. The van der Waals surface area contributed by atoms with Gasteiger partial charge in [0.1, 0.15) is 17.3 Å². The van der Waals surface area contributed by atoms with E-state index in [0.717, 1.165) is 46.1 Å². The van der Waals surface area contributed by atoms with Crippen molar-refractivity contribution in [2.75, 3.05) is 13.2 Å². The summed E-state index contributed by atoms with van der Waals surface area (Å²) in [6.07, 6.45) is 6.67. The van der Waals surface area contributed by atoms with Crippen molar-refractivity contribution in [2.24, 2.45) is 0 Å². The summed E-state index contributed by atoms with van der Waals surface area (Å²) in [5.41, 5.74) is 4.92. The minimum Gasteiger partial charge on any atom is -0.376 e. The smallest absolute Gasteiger partial charge is 0.376 e. The Morgan fingerprint density at radius 3 is 2.53 bits per heavy atom. The zero-order valence-corrected chi connectivity index (χ0v) is 30.3. The third-order valence-corrected chi connectivity index (χ3v) is 11.6. The molecule has 274 valence electrons. The number of carbonyl (C=O) groups is 1. The summed E-state index contributed by atoms with van der Waals surface area (Å²) >= 11 is 0. The number of para-hydroxylation sites is 1. The van der Waals surface area contributed by atoms with E-state index in [1.807, 2.05) is 24.0 Å². The molecule has 14 heteroatoms. The number of halogens is 1. The van der Waals surface area contributed by atoms with E-state index in [0.29, 0.717) is 66.6 Å². The number of amides is 1. The maximum Gasteiger partial charge on any atom is 0.438 e. The van der Waals surface area contributed by atoms with Gasteiger partial charge in [-0.15, -0.1) is 0 Å². The minimum atomic E-state index is -0.708. The van der Waals surface area contributed by atoms with Gasteiger partial charge in [-0.05, 0) is 95.0 Å². The van der Waals surface area contributed by atoms with E-state index in [2.05, 4.69) is 40.0 Å². The molecule has 2 aromatic carbocycles. The van der Waals surface area contributed by atoms with Crippen molar-refractivity contribution < 1.29 is 18.4 Å². The van der Waals surface area contributed by atoms with E-state index in [1.54, 1.807) is 43.1 Å². The SMILES string of the molecule is Cc1cc(-n2nc3c(c2-n2cc[nH]c2=O)[C@H](C)N(C(=O)c2[nH]c4c([C@@H]5CCOC(C)(C)C5)cccc4c2C2(c4noc(=O)[nH]4)CC2)CC3)cc(C)c1F. The van der Waals surface area contributed by atoms with Gasteiger partial charge in [0, 0.05) is 54.0 Å².